The second-order valence-corrected chi connectivity index (χ2v) is 8.46. The lowest BCUT2D eigenvalue weighted by Gasteiger charge is -2.34. The number of rotatable bonds is 9. The van der Waals surface area contributed by atoms with Crippen molar-refractivity contribution in [1.82, 2.24) is 15.6 Å². The summed E-state index contributed by atoms with van der Waals surface area (Å²) in [6.07, 6.45) is -0.616. The molecule has 1 heterocycles. The molecule has 3 rings (SSSR count). The highest BCUT2D eigenvalue weighted by molar-refractivity contribution is 7.09. The van der Waals surface area contributed by atoms with Gasteiger partial charge in [-0.3, -0.25) is 14.9 Å². The van der Waals surface area contributed by atoms with E-state index in [4.69, 9.17) is 0 Å². The molecule has 0 bridgehead atoms. The van der Waals surface area contributed by atoms with Gasteiger partial charge in [-0.1, -0.05) is 37.3 Å². The lowest BCUT2D eigenvalue weighted by atomic mass is 9.82. The summed E-state index contributed by atoms with van der Waals surface area (Å²) < 4.78 is 0. The number of nitro benzene ring substituents is 1. The van der Waals surface area contributed by atoms with E-state index in [2.05, 4.69) is 15.6 Å². The van der Waals surface area contributed by atoms with Crippen LogP contribution in [0.15, 0.2) is 60.0 Å². The van der Waals surface area contributed by atoms with Crippen molar-refractivity contribution in [3.63, 3.8) is 0 Å². The Morgan fingerprint density at radius 1 is 1.18 bits per heavy atom. The Balaban J connectivity index is 2.05. The maximum Gasteiger partial charge on any atom is 0.405 e. The van der Waals surface area contributed by atoms with E-state index in [1.807, 2.05) is 18.4 Å². The van der Waals surface area contributed by atoms with E-state index in [-0.39, 0.29) is 17.7 Å². The number of non-ortho nitro benzene ring substituents is 1. The quantitative estimate of drug-likeness (QED) is 0.318. The highest BCUT2D eigenvalue weighted by Gasteiger charge is 2.43. The molecular formula is C23H24N4O5S. The molecule has 0 radical (unpaired) electrons. The predicted molar refractivity (Wildman–Crippen MR) is 124 cm³/mol. The molecule has 33 heavy (non-hydrogen) atoms. The Morgan fingerprint density at radius 2 is 1.85 bits per heavy atom. The van der Waals surface area contributed by atoms with Crippen LogP contribution in [-0.4, -0.2) is 27.0 Å². The lowest BCUT2D eigenvalue weighted by Crippen LogP contribution is -2.57. The highest BCUT2D eigenvalue weighted by atomic mass is 32.1. The third kappa shape index (κ3) is 5.53. The molecule has 0 aliphatic carbocycles. The number of thiazole rings is 1. The Labute approximate surface area is 194 Å². The van der Waals surface area contributed by atoms with Crippen LogP contribution in [0.3, 0.4) is 0 Å². The summed E-state index contributed by atoms with van der Waals surface area (Å²) in [7, 11) is 0. The van der Waals surface area contributed by atoms with Crippen molar-refractivity contribution in [3.05, 3.63) is 91.9 Å². The molecule has 1 aromatic heterocycles. The third-order valence-corrected chi connectivity index (χ3v) is 6.27. The molecule has 0 saturated carbocycles. The number of nitro groups is 1. The van der Waals surface area contributed by atoms with Crippen molar-refractivity contribution in [3.8, 4) is 0 Å². The van der Waals surface area contributed by atoms with Crippen LogP contribution in [0.4, 0.5) is 10.5 Å². The van der Waals surface area contributed by atoms with E-state index in [1.165, 1.54) is 35.6 Å². The van der Waals surface area contributed by atoms with Crippen LogP contribution in [0.5, 0.6) is 0 Å². The molecule has 2 aromatic carbocycles. The van der Waals surface area contributed by atoms with Crippen molar-refractivity contribution < 1.29 is 19.6 Å². The van der Waals surface area contributed by atoms with Crippen LogP contribution < -0.4 is 10.6 Å². The van der Waals surface area contributed by atoms with Gasteiger partial charge in [-0.15, -0.1) is 11.3 Å². The van der Waals surface area contributed by atoms with Crippen LogP contribution >= 0.6 is 11.3 Å². The summed E-state index contributed by atoms with van der Waals surface area (Å²) >= 11 is 1.49. The number of aryl methyl sites for hydroxylation is 1. The number of hydrogen-bond acceptors (Lipinski definition) is 6. The fourth-order valence-corrected chi connectivity index (χ4v) is 4.36. The highest BCUT2D eigenvalue weighted by Crippen LogP contribution is 2.30. The number of amides is 2. The number of benzene rings is 2. The number of nitrogens with one attached hydrogen (secondary N) is 2. The summed E-state index contributed by atoms with van der Waals surface area (Å²) in [5.41, 5.74) is -0.199. The van der Waals surface area contributed by atoms with E-state index in [9.17, 15) is 24.8 Å². The number of hydrogen-bond donors (Lipinski definition) is 3. The van der Waals surface area contributed by atoms with E-state index >= 15 is 0 Å². The summed E-state index contributed by atoms with van der Waals surface area (Å²) in [4.78, 5) is 40.6. The van der Waals surface area contributed by atoms with Gasteiger partial charge >= 0.3 is 6.09 Å². The van der Waals surface area contributed by atoms with Crippen LogP contribution in [0.25, 0.3) is 0 Å². The zero-order chi connectivity index (χ0) is 24.0. The van der Waals surface area contributed by atoms with Crippen molar-refractivity contribution in [2.75, 3.05) is 0 Å². The first kappa shape index (κ1) is 23.9. The van der Waals surface area contributed by atoms with Crippen LogP contribution in [0, 0.1) is 10.1 Å². The predicted octanol–water partition coefficient (Wildman–Crippen LogP) is 4.20. The van der Waals surface area contributed by atoms with Crippen LogP contribution in [-0.2, 0) is 23.2 Å². The minimum atomic E-state index is -1.72. The molecule has 3 N–H and O–H groups in total. The SMILES string of the molecule is CCc1nc(C(C)NC(=O)C(Cc2ccccc2)(NC(=O)O)c2ccc([N+](=O)[O-])cc2)cs1. The fraction of sp³-hybridized carbons (Fsp3) is 0.261. The maximum absolute atomic E-state index is 13.7. The number of nitrogens with zero attached hydrogens (tertiary/aromatic N) is 2. The summed E-state index contributed by atoms with van der Waals surface area (Å²) in [6.45, 7) is 3.76. The van der Waals surface area contributed by atoms with Gasteiger partial charge in [0.05, 0.1) is 21.7 Å². The Hall–Kier alpha value is -3.79. The van der Waals surface area contributed by atoms with E-state index in [0.717, 1.165) is 11.4 Å². The van der Waals surface area contributed by atoms with Gasteiger partial charge in [0.1, 0.15) is 0 Å². The average Bonchev–Trinajstić information content (AvgIpc) is 3.28. The van der Waals surface area contributed by atoms with Gasteiger partial charge in [0.2, 0.25) is 0 Å². The maximum atomic E-state index is 13.7. The second-order valence-electron chi connectivity index (χ2n) is 7.52. The van der Waals surface area contributed by atoms with Crippen molar-refractivity contribution in [1.29, 1.82) is 0 Å². The molecule has 0 saturated heterocycles. The van der Waals surface area contributed by atoms with Gasteiger partial charge in [-0.05, 0) is 36.6 Å². The number of carbonyl (C=O) groups is 2. The first-order chi connectivity index (χ1) is 15.7. The molecule has 0 aliphatic rings. The molecule has 172 valence electrons. The van der Waals surface area contributed by atoms with E-state index in [1.54, 1.807) is 31.2 Å². The summed E-state index contributed by atoms with van der Waals surface area (Å²) in [6, 6.07) is 13.8. The molecule has 0 aliphatic heterocycles. The average molecular weight is 469 g/mol. The van der Waals surface area contributed by atoms with Crippen LogP contribution in [0.2, 0.25) is 0 Å². The van der Waals surface area contributed by atoms with Gasteiger partial charge in [0, 0.05) is 23.9 Å². The van der Waals surface area contributed by atoms with Crippen molar-refractivity contribution in [2.45, 2.75) is 38.3 Å². The smallest absolute Gasteiger partial charge is 0.405 e. The van der Waals surface area contributed by atoms with Gasteiger partial charge in [0.15, 0.2) is 5.54 Å². The molecule has 2 unspecified atom stereocenters. The molecular weight excluding hydrogens is 444 g/mol. The van der Waals surface area contributed by atoms with Gasteiger partial charge in [-0.2, -0.15) is 0 Å². The summed E-state index contributed by atoms with van der Waals surface area (Å²) in [5.74, 6) is -0.582. The Bertz CT molecular complexity index is 1130. The summed E-state index contributed by atoms with van der Waals surface area (Å²) in [5, 5.41) is 28.8. The largest absolute Gasteiger partial charge is 0.465 e. The van der Waals surface area contributed by atoms with Gasteiger partial charge < -0.3 is 15.7 Å². The van der Waals surface area contributed by atoms with Crippen molar-refractivity contribution in [2.24, 2.45) is 0 Å². The van der Waals surface area contributed by atoms with Gasteiger partial charge in [-0.25, -0.2) is 9.78 Å². The molecule has 2 amide bonds. The van der Waals surface area contributed by atoms with E-state index < -0.39 is 28.5 Å². The van der Waals surface area contributed by atoms with Crippen molar-refractivity contribution >= 4 is 29.0 Å². The Morgan fingerprint density at radius 3 is 2.39 bits per heavy atom. The normalized spacial score (nSPS) is 13.5. The van der Waals surface area contributed by atoms with Gasteiger partial charge in [0.25, 0.3) is 11.6 Å². The topological polar surface area (TPSA) is 134 Å². The number of carboxylic acid groups (broad SMARTS) is 1. The first-order valence-electron chi connectivity index (χ1n) is 10.3. The number of aromatic nitrogens is 1. The third-order valence-electron chi connectivity index (χ3n) is 5.25. The molecule has 3 aromatic rings. The molecule has 10 heteroatoms. The standard InChI is InChI=1S/C23H24N4O5S/c1-3-20-25-19(14-33-20)15(2)24-21(28)23(26-22(29)30,13-16-7-5-4-6-8-16)17-9-11-18(12-10-17)27(31)32/h4-12,14-15,26H,3,13H2,1-2H3,(H,24,28)(H,29,30). The second kappa shape index (κ2) is 10.2. The van der Waals surface area contributed by atoms with E-state index in [0.29, 0.717) is 11.3 Å². The monoisotopic (exact) mass is 468 g/mol. The molecule has 0 spiro atoms. The zero-order valence-corrected chi connectivity index (χ0v) is 19.0. The number of carbonyl (C=O) groups excluding carboxylic acids is 1. The lowest BCUT2D eigenvalue weighted by molar-refractivity contribution is -0.384. The Kier molecular flexibility index (Phi) is 7.39. The fourth-order valence-electron chi connectivity index (χ4n) is 3.52. The molecule has 9 nitrogen and oxygen atoms in total. The minimum absolute atomic E-state index is 0.00772. The first-order valence-corrected chi connectivity index (χ1v) is 11.2. The van der Waals surface area contributed by atoms with Crippen LogP contribution in [0.1, 0.15) is 41.7 Å². The minimum Gasteiger partial charge on any atom is -0.465 e. The molecule has 0 fully saturated rings. The molecule has 2 atom stereocenters. The zero-order valence-electron chi connectivity index (χ0n) is 18.1.